The fraction of sp³-hybridized carbons (Fsp3) is 0.455. The molecule has 0 bridgehead atoms. The Hall–Kier alpha value is -0.890. The lowest BCUT2D eigenvalue weighted by Crippen LogP contribution is -2.23. The average molecular weight is 181 g/mol. The normalized spacial score (nSPS) is 24.9. The van der Waals surface area contributed by atoms with Crippen LogP contribution in [0.5, 0.6) is 0 Å². The van der Waals surface area contributed by atoms with Crippen molar-refractivity contribution in [3.8, 4) is 0 Å². The Bertz CT molecular complexity index is 234. The van der Waals surface area contributed by atoms with Crippen LogP contribution in [0.3, 0.4) is 0 Å². The monoisotopic (exact) mass is 181 g/mol. The largest absolute Gasteiger partial charge is 0.310 e. The first-order valence-electron chi connectivity index (χ1n) is 4.67. The van der Waals surface area contributed by atoms with E-state index in [1.807, 2.05) is 0 Å². The van der Waals surface area contributed by atoms with E-state index in [4.69, 9.17) is 0 Å². The van der Waals surface area contributed by atoms with Crippen molar-refractivity contribution >= 4 is 0 Å². The van der Waals surface area contributed by atoms with Crippen molar-refractivity contribution in [2.24, 2.45) is 0 Å². The van der Waals surface area contributed by atoms with Crippen molar-refractivity contribution in [1.82, 2.24) is 5.32 Å². The molecular formula is C11H16FN. The molecule has 1 unspecified atom stereocenters. The Morgan fingerprint density at radius 1 is 1.62 bits per heavy atom. The molecule has 1 nitrogen and oxygen atoms in total. The van der Waals surface area contributed by atoms with Crippen molar-refractivity contribution in [1.29, 1.82) is 0 Å². The van der Waals surface area contributed by atoms with Gasteiger partial charge in [0.25, 0.3) is 0 Å². The van der Waals surface area contributed by atoms with Crippen LogP contribution >= 0.6 is 0 Å². The first-order valence-corrected chi connectivity index (χ1v) is 4.67. The van der Waals surface area contributed by atoms with E-state index in [-0.39, 0.29) is 11.9 Å². The van der Waals surface area contributed by atoms with E-state index in [1.165, 1.54) is 6.08 Å². The van der Waals surface area contributed by atoms with E-state index in [2.05, 4.69) is 11.9 Å². The minimum Gasteiger partial charge on any atom is -0.310 e. The Balaban J connectivity index is 2.78. The molecule has 0 aromatic heterocycles. The van der Waals surface area contributed by atoms with E-state index >= 15 is 0 Å². The van der Waals surface area contributed by atoms with E-state index in [0.29, 0.717) is 0 Å². The maximum atomic E-state index is 13.3. The summed E-state index contributed by atoms with van der Waals surface area (Å²) in [7, 11) is 0. The van der Waals surface area contributed by atoms with Crippen LogP contribution in [0.1, 0.15) is 19.8 Å². The minimum atomic E-state index is -0.140. The molecule has 1 atom stereocenters. The first kappa shape index (κ1) is 10.2. The zero-order chi connectivity index (χ0) is 9.68. The molecule has 72 valence electrons. The molecule has 0 aromatic rings. The van der Waals surface area contributed by atoms with Crippen LogP contribution in [-0.4, -0.2) is 12.6 Å². The lowest BCUT2D eigenvalue weighted by molar-refractivity contribution is 0.594. The van der Waals surface area contributed by atoms with Crippen molar-refractivity contribution in [2.75, 3.05) is 6.54 Å². The van der Waals surface area contributed by atoms with Crippen LogP contribution in [0.25, 0.3) is 0 Å². The van der Waals surface area contributed by atoms with Gasteiger partial charge in [-0.25, -0.2) is 4.39 Å². The molecule has 0 aromatic carbocycles. The Kier molecular flexibility index (Phi) is 3.90. The van der Waals surface area contributed by atoms with Gasteiger partial charge in [0, 0.05) is 11.6 Å². The smallest absolute Gasteiger partial charge is 0.123 e. The SMILES string of the molecule is C=C/C=C(\C(F)=C/C)C1CCCN1. The van der Waals surface area contributed by atoms with Crippen LogP contribution in [0, 0.1) is 0 Å². The number of rotatable bonds is 3. The third kappa shape index (κ3) is 2.52. The number of hydrogen-bond acceptors (Lipinski definition) is 1. The zero-order valence-electron chi connectivity index (χ0n) is 8.02. The van der Waals surface area contributed by atoms with Crippen molar-refractivity contribution < 1.29 is 4.39 Å². The average Bonchev–Trinajstić information content (AvgIpc) is 2.65. The summed E-state index contributed by atoms with van der Waals surface area (Å²) in [6.45, 7) is 6.28. The second kappa shape index (κ2) is 4.97. The Morgan fingerprint density at radius 2 is 2.38 bits per heavy atom. The third-order valence-electron chi connectivity index (χ3n) is 2.26. The van der Waals surface area contributed by atoms with Gasteiger partial charge in [-0.05, 0) is 26.3 Å². The molecule has 0 saturated carbocycles. The van der Waals surface area contributed by atoms with Gasteiger partial charge in [-0.3, -0.25) is 0 Å². The number of hydrogen-bond donors (Lipinski definition) is 1. The molecule has 1 aliphatic rings. The lowest BCUT2D eigenvalue weighted by atomic mass is 10.0. The molecule has 1 N–H and O–H groups in total. The Morgan fingerprint density at radius 3 is 2.85 bits per heavy atom. The first-order chi connectivity index (χ1) is 6.29. The van der Waals surface area contributed by atoms with Crippen molar-refractivity contribution in [2.45, 2.75) is 25.8 Å². The maximum Gasteiger partial charge on any atom is 0.123 e. The molecule has 0 aliphatic carbocycles. The topological polar surface area (TPSA) is 12.0 Å². The van der Waals surface area contributed by atoms with Crippen LogP contribution in [-0.2, 0) is 0 Å². The van der Waals surface area contributed by atoms with E-state index in [0.717, 1.165) is 25.0 Å². The highest BCUT2D eigenvalue weighted by Gasteiger charge is 2.20. The highest BCUT2D eigenvalue weighted by atomic mass is 19.1. The molecule has 1 rings (SSSR count). The molecule has 1 aliphatic heterocycles. The molecular weight excluding hydrogens is 165 g/mol. The van der Waals surface area contributed by atoms with Gasteiger partial charge < -0.3 is 5.32 Å². The van der Waals surface area contributed by atoms with Gasteiger partial charge in [-0.1, -0.05) is 24.8 Å². The lowest BCUT2D eigenvalue weighted by Gasteiger charge is -2.12. The third-order valence-corrected chi connectivity index (χ3v) is 2.26. The van der Waals surface area contributed by atoms with Gasteiger partial charge in [0.15, 0.2) is 0 Å². The number of halogens is 1. The second-order valence-corrected chi connectivity index (χ2v) is 3.14. The van der Waals surface area contributed by atoms with Gasteiger partial charge in [-0.2, -0.15) is 0 Å². The minimum absolute atomic E-state index is 0.140. The van der Waals surface area contributed by atoms with Gasteiger partial charge in [-0.15, -0.1) is 0 Å². The summed E-state index contributed by atoms with van der Waals surface area (Å²) in [5, 5.41) is 3.26. The fourth-order valence-corrected chi connectivity index (χ4v) is 1.61. The van der Waals surface area contributed by atoms with Gasteiger partial charge in [0.1, 0.15) is 5.83 Å². The molecule has 0 amide bonds. The molecule has 1 saturated heterocycles. The summed E-state index contributed by atoms with van der Waals surface area (Å²) in [4.78, 5) is 0. The van der Waals surface area contributed by atoms with E-state index < -0.39 is 0 Å². The zero-order valence-corrected chi connectivity index (χ0v) is 8.02. The fourth-order valence-electron chi connectivity index (χ4n) is 1.61. The molecule has 0 spiro atoms. The molecule has 13 heavy (non-hydrogen) atoms. The number of nitrogens with one attached hydrogen (secondary N) is 1. The maximum absolute atomic E-state index is 13.3. The van der Waals surface area contributed by atoms with Crippen LogP contribution in [0.2, 0.25) is 0 Å². The summed E-state index contributed by atoms with van der Waals surface area (Å²) in [5.41, 5.74) is 0.731. The van der Waals surface area contributed by atoms with Crippen molar-refractivity contribution in [3.05, 3.63) is 36.2 Å². The van der Waals surface area contributed by atoms with Gasteiger partial charge in [0.2, 0.25) is 0 Å². The van der Waals surface area contributed by atoms with Crippen LogP contribution in [0.4, 0.5) is 4.39 Å². The Labute approximate surface area is 79.0 Å². The number of allylic oxidation sites excluding steroid dienone is 3. The van der Waals surface area contributed by atoms with E-state index in [1.54, 1.807) is 19.1 Å². The highest BCUT2D eigenvalue weighted by molar-refractivity contribution is 5.33. The summed E-state index contributed by atoms with van der Waals surface area (Å²) in [5.74, 6) is -0.140. The molecule has 1 heterocycles. The summed E-state index contributed by atoms with van der Waals surface area (Å²) >= 11 is 0. The van der Waals surface area contributed by atoms with Crippen molar-refractivity contribution in [3.63, 3.8) is 0 Å². The van der Waals surface area contributed by atoms with Gasteiger partial charge >= 0.3 is 0 Å². The predicted molar refractivity (Wildman–Crippen MR) is 54.2 cm³/mol. The summed E-state index contributed by atoms with van der Waals surface area (Å²) < 4.78 is 13.3. The predicted octanol–water partition coefficient (Wildman–Crippen LogP) is 2.72. The molecule has 1 fully saturated rings. The summed E-state index contributed by atoms with van der Waals surface area (Å²) in [6, 6.07) is 0.175. The van der Waals surface area contributed by atoms with Crippen LogP contribution < -0.4 is 5.32 Å². The highest BCUT2D eigenvalue weighted by Crippen LogP contribution is 2.22. The quantitative estimate of drug-likeness (QED) is 0.660. The van der Waals surface area contributed by atoms with Gasteiger partial charge in [0.05, 0.1) is 0 Å². The molecule has 2 heteroatoms. The van der Waals surface area contributed by atoms with Crippen LogP contribution in [0.15, 0.2) is 36.2 Å². The second-order valence-electron chi connectivity index (χ2n) is 3.14. The standard InChI is InChI=1S/C11H16FN/c1-3-6-9(10(12)4-2)11-7-5-8-13-11/h3-4,6,11,13H,1,5,7-8H2,2H3/b9-6+,10-4+. The van der Waals surface area contributed by atoms with E-state index in [9.17, 15) is 4.39 Å². The summed E-state index contributed by atoms with van der Waals surface area (Å²) in [6.07, 6.45) is 7.02. The molecule has 0 radical (unpaired) electrons.